The molecule has 0 aliphatic rings. The quantitative estimate of drug-likeness (QED) is 0.862. The largest absolute Gasteiger partial charge is 0.497 e. The molecule has 2 N–H and O–H groups in total. The van der Waals surface area contributed by atoms with Crippen LogP contribution in [0.5, 0.6) is 5.75 Å². The molecule has 0 saturated carbocycles. The Kier molecular flexibility index (Phi) is 4.18. The van der Waals surface area contributed by atoms with Crippen molar-refractivity contribution < 1.29 is 4.74 Å². The van der Waals surface area contributed by atoms with Gasteiger partial charge < -0.3 is 15.4 Å². The number of methoxy groups -OCH3 is 1. The number of rotatable bonds is 5. The molecule has 0 fully saturated rings. The molecule has 0 aliphatic carbocycles. The molecule has 2 aromatic rings. The van der Waals surface area contributed by atoms with Gasteiger partial charge in [-0.1, -0.05) is 12.1 Å². The first-order valence-corrected chi connectivity index (χ1v) is 6.11. The van der Waals surface area contributed by atoms with Crippen LogP contribution < -0.4 is 15.4 Å². The van der Waals surface area contributed by atoms with E-state index in [0.29, 0.717) is 12.5 Å². The normalized spacial score (nSPS) is 10.1. The third kappa shape index (κ3) is 3.58. The molecular weight excluding hydrogens is 240 g/mol. The molecule has 0 radical (unpaired) electrons. The Bertz CT molecular complexity index is 540. The van der Waals surface area contributed by atoms with Crippen molar-refractivity contribution in [2.24, 2.45) is 0 Å². The van der Waals surface area contributed by atoms with Gasteiger partial charge in [0.25, 0.3) is 0 Å². The molecule has 0 aliphatic heterocycles. The van der Waals surface area contributed by atoms with E-state index >= 15 is 0 Å². The summed E-state index contributed by atoms with van der Waals surface area (Å²) in [5.74, 6) is 2.30. The van der Waals surface area contributed by atoms with E-state index in [4.69, 9.17) is 4.74 Å². The minimum Gasteiger partial charge on any atom is -0.497 e. The first-order chi connectivity index (χ1) is 9.21. The summed E-state index contributed by atoms with van der Waals surface area (Å²) in [6, 6.07) is 9.87. The molecule has 100 valence electrons. The Morgan fingerprint density at radius 2 is 1.89 bits per heavy atom. The summed E-state index contributed by atoms with van der Waals surface area (Å²) >= 11 is 0. The Hall–Kier alpha value is -2.30. The smallest absolute Gasteiger partial charge is 0.224 e. The maximum atomic E-state index is 5.13. The Morgan fingerprint density at radius 3 is 2.53 bits per heavy atom. The predicted molar refractivity (Wildman–Crippen MR) is 76.6 cm³/mol. The van der Waals surface area contributed by atoms with Crippen molar-refractivity contribution in [2.75, 3.05) is 24.8 Å². The lowest BCUT2D eigenvalue weighted by Gasteiger charge is -2.08. The van der Waals surface area contributed by atoms with Gasteiger partial charge in [0.15, 0.2) is 0 Å². The Morgan fingerprint density at radius 1 is 1.16 bits per heavy atom. The van der Waals surface area contributed by atoms with Gasteiger partial charge in [-0.25, -0.2) is 4.98 Å². The lowest BCUT2D eigenvalue weighted by molar-refractivity contribution is 0.414. The van der Waals surface area contributed by atoms with E-state index in [2.05, 4.69) is 20.6 Å². The zero-order valence-electron chi connectivity index (χ0n) is 11.4. The number of aryl methyl sites for hydroxylation is 1. The second kappa shape index (κ2) is 6.04. The fourth-order valence-corrected chi connectivity index (χ4v) is 1.71. The summed E-state index contributed by atoms with van der Waals surface area (Å²) in [6.45, 7) is 2.66. The minimum atomic E-state index is 0.622. The number of benzene rings is 1. The van der Waals surface area contributed by atoms with E-state index in [0.717, 1.165) is 17.3 Å². The third-order valence-electron chi connectivity index (χ3n) is 2.71. The molecule has 5 heteroatoms. The van der Waals surface area contributed by atoms with Crippen LogP contribution in [-0.2, 0) is 6.54 Å². The molecule has 1 aromatic carbocycles. The van der Waals surface area contributed by atoms with Crippen LogP contribution in [0.3, 0.4) is 0 Å². The number of aromatic nitrogens is 2. The third-order valence-corrected chi connectivity index (χ3v) is 2.71. The predicted octanol–water partition coefficient (Wildman–Crippen LogP) is 2.45. The molecule has 0 bridgehead atoms. The summed E-state index contributed by atoms with van der Waals surface area (Å²) in [4.78, 5) is 8.59. The number of anilines is 2. The van der Waals surface area contributed by atoms with Crippen LogP contribution in [0.1, 0.15) is 11.3 Å². The van der Waals surface area contributed by atoms with Crippen LogP contribution in [0.2, 0.25) is 0 Å². The van der Waals surface area contributed by atoms with E-state index in [-0.39, 0.29) is 0 Å². The topological polar surface area (TPSA) is 59.1 Å². The number of hydrogen-bond acceptors (Lipinski definition) is 5. The van der Waals surface area contributed by atoms with E-state index in [1.807, 2.05) is 44.3 Å². The van der Waals surface area contributed by atoms with Gasteiger partial charge >= 0.3 is 0 Å². The zero-order chi connectivity index (χ0) is 13.7. The standard InChI is InChI=1S/C14H18N4O/c1-10-8-13(18-14(15-2)17-10)16-9-11-4-6-12(19-3)7-5-11/h4-8H,9H2,1-3H3,(H2,15,16,17,18). The van der Waals surface area contributed by atoms with Crippen molar-refractivity contribution in [3.8, 4) is 5.75 Å². The van der Waals surface area contributed by atoms with Gasteiger partial charge in [-0.2, -0.15) is 4.98 Å². The summed E-state index contributed by atoms with van der Waals surface area (Å²) in [6.07, 6.45) is 0. The van der Waals surface area contributed by atoms with Gasteiger partial charge in [-0.05, 0) is 24.6 Å². The molecule has 5 nitrogen and oxygen atoms in total. The number of ether oxygens (including phenoxy) is 1. The van der Waals surface area contributed by atoms with Crippen molar-refractivity contribution in [3.05, 3.63) is 41.6 Å². The van der Waals surface area contributed by atoms with Crippen LogP contribution in [0, 0.1) is 6.92 Å². The van der Waals surface area contributed by atoms with Crippen molar-refractivity contribution in [1.29, 1.82) is 0 Å². The van der Waals surface area contributed by atoms with Gasteiger partial charge in [0.1, 0.15) is 11.6 Å². The second-order valence-electron chi connectivity index (χ2n) is 4.17. The van der Waals surface area contributed by atoms with Crippen LogP contribution in [0.15, 0.2) is 30.3 Å². The Balaban J connectivity index is 2.03. The Labute approximate surface area is 113 Å². The highest BCUT2D eigenvalue weighted by Gasteiger charge is 2.01. The molecule has 0 spiro atoms. The van der Waals surface area contributed by atoms with Gasteiger partial charge in [-0.15, -0.1) is 0 Å². The molecule has 19 heavy (non-hydrogen) atoms. The average molecular weight is 258 g/mol. The molecule has 2 rings (SSSR count). The van der Waals surface area contributed by atoms with E-state index in [1.54, 1.807) is 7.11 Å². The van der Waals surface area contributed by atoms with Crippen LogP contribution in [-0.4, -0.2) is 24.1 Å². The summed E-state index contributed by atoms with van der Waals surface area (Å²) < 4.78 is 5.13. The maximum Gasteiger partial charge on any atom is 0.224 e. The molecule has 0 atom stereocenters. The SMILES string of the molecule is CNc1nc(C)cc(NCc2ccc(OC)cc2)n1. The number of hydrogen-bond donors (Lipinski definition) is 2. The summed E-state index contributed by atoms with van der Waals surface area (Å²) in [5, 5.41) is 6.22. The average Bonchev–Trinajstić information content (AvgIpc) is 2.45. The molecule has 0 saturated heterocycles. The lowest BCUT2D eigenvalue weighted by Crippen LogP contribution is -2.05. The van der Waals surface area contributed by atoms with Crippen molar-refractivity contribution in [3.63, 3.8) is 0 Å². The monoisotopic (exact) mass is 258 g/mol. The summed E-state index contributed by atoms with van der Waals surface area (Å²) in [5.41, 5.74) is 2.10. The number of nitrogens with one attached hydrogen (secondary N) is 2. The summed E-state index contributed by atoms with van der Waals surface area (Å²) in [7, 11) is 3.47. The van der Waals surface area contributed by atoms with Crippen LogP contribution in [0.4, 0.5) is 11.8 Å². The van der Waals surface area contributed by atoms with Crippen molar-refractivity contribution in [1.82, 2.24) is 9.97 Å². The highest BCUT2D eigenvalue weighted by Crippen LogP contribution is 2.14. The number of nitrogens with zero attached hydrogens (tertiary/aromatic N) is 2. The van der Waals surface area contributed by atoms with Crippen molar-refractivity contribution >= 4 is 11.8 Å². The molecule has 0 unspecified atom stereocenters. The van der Waals surface area contributed by atoms with Gasteiger partial charge in [0.2, 0.25) is 5.95 Å². The molecule has 1 aromatic heterocycles. The van der Waals surface area contributed by atoms with Crippen LogP contribution >= 0.6 is 0 Å². The lowest BCUT2D eigenvalue weighted by atomic mass is 10.2. The van der Waals surface area contributed by atoms with Crippen LogP contribution in [0.25, 0.3) is 0 Å². The fraction of sp³-hybridized carbons (Fsp3) is 0.286. The maximum absolute atomic E-state index is 5.13. The molecule has 0 amide bonds. The first-order valence-electron chi connectivity index (χ1n) is 6.11. The van der Waals surface area contributed by atoms with Gasteiger partial charge in [0.05, 0.1) is 7.11 Å². The van der Waals surface area contributed by atoms with E-state index in [1.165, 1.54) is 5.56 Å². The molecular formula is C14H18N4O. The molecule has 1 heterocycles. The van der Waals surface area contributed by atoms with Gasteiger partial charge in [0, 0.05) is 25.4 Å². The minimum absolute atomic E-state index is 0.622. The highest BCUT2D eigenvalue weighted by molar-refractivity contribution is 5.42. The van der Waals surface area contributed by atoms with E-state index in [9.17, 15) is 0 Å². The zero-order valence-corrected chi connectivity index (χ0v) is 11.4. The van der Waals surface area contributed by atoms with E-state index < -0.39 is 0 Å². The first kappa shape index (κ1) is 13.1. The van der Waals surface area contributed by atoms with Crippen molar-refractivity contribution in [2.45, 2.75) is 13.5 Å². The second-order valence-corrected chi connectivity index (χ2v) is 4.17. The highest BCUT2D eigenvalue weighted by atomic mass is 16.5. The fourth-order valence-electron chi connectivity index (χ4n) is 1.71. The van der Waals surface area contributed by atoms with Gasteiger partial charge in [-0.3, -0.25) is 0 Å².